The highest BCUT2D eigenvalue weighted by Crippen LogP contribution is 2.32. The first-order valence-electron chi connectivity index (χ1n) is 5.96. The zero-order valence-corrected chi connectivity index (χ0v) is 14.3. The molecular weight excluding hydrogens is 357 g/mol. The fraction of sp³-hybridized carbons (Fsp3) is 0.250. The molecule has 1 aromatic heterocycles. The summed E-state index contributed by atoms with van der Waals surface area (Å²) in [4.78, 5) is -0.137. The zero-order chi connectivity index (χ0) is 15.8. The van der Waals surface area contributed by atoms with Gasteiger partial charge in [0.05, 0.1) is 26.4 Å². The standard InChI is InChI=1S/C12H12Cl3N3O2S/c1-3-18-6-11(7(2)16-18)17-21(19,20)12-5-9(14)8(13)4-10(12)15/h4-6,17H,3H2,1-2H3. The Morgan fingerprint density at radius 1 is 1.19 bits per heavy atom. The van der Waals surface area contributed by atoms with Crippen molar-refractivity contribution in [2.24, 2.45) is 0 Å². The number of nitrogens with one attached hydrogen (secondary N) is 1. The maximum Gasteiger partial charge on any atom is 0.263 e. The molecule has 0 atom stereocenters. The lowest BCUT2D eigenvalue weighted by Gasteiger charge is -2.09. The quantitative estimate of drug-likeness (QED) is 0.830. The second-order valence-corrected chi connectivity index (χ2v) is 7.16. The van der Waals surface area contributed by atoms with Gasteiger partial charge >= 0.3 is 0 Å². The fourth-order valence-electron chi connectivity index (χ4n) is 1.69. The zero-order valence-electron chi connectivity index (χ0n) is 11.2. The van der Waals surface area contributed by atoms with E-state index in [1.165, 1.54) is 12.1 Å². The predicted molar refractivity (Wildman–Crippen MR) is 84.9 cm³/mol. The van der Waals surface area contributed by atoms with E-state index >= 15 is 0 Å². The summed E-state index contributed by atoms with van der Waals surface area (Å²) in [5.74, 6) is 0. The first kappa shape index (κ1) is 16.4. The third-order valence-corrected chi connectivity index (χ3v) is 5.33. The molecule has 1 heterocycles. The molecule has 0 aliphatic heterocycles. The van der Waals surface area contributed by atoms with E-state index in [-0.39, 0.29) is 20.0 Å². The van der Waals surface area contributed by atoms with Crippen LogP contribution in [-0.4, -0.2) is 18.2 Å². The van der Waals surface area contributed by atoms with E-state index in [1.807, 2.05) is 6.92 Å². The number of rotatable bonds is 4. The van der Waals surface area contributed by atoms with Crippen molar-refractivity contribution in [3.8, 4) is 0 Å². The lowest BCUT2D eigenvalue weighted by molar-refractivity contribution is 0.601. The van der Waals surface area contributed by atoms with Gasteiger partial charge in [-0.3, -0.25) is 9.40 Å². The number of hydrogen-bond acceptors (Lipinski definition) is 3. The molecular formula is C12H12Cl3N3O2S. The van der Waals surface area contributed by atoms with Gasteiger partial charge in [-0.05, 0) is 26.0 Å². The van der Waals surface area contributed by atoms with Crippen molar-refractivity contribution in [1.82, 2.24) is 9.78 Å². The summed E-state index contributed by atoms with van der Waals surface area (Å²) < 4.78 is 28.9. The molecule has 114 valence electrons. The average molecular weight is 369 g/mol. The van der Waals surface area contributed by atoms with Gasteiger partial charge in [0.25, 0.3) is 10.0 Å². The van der Waals surface area contributed by atoms with Crippen LogP contribution in [0, 0.1) is 6.92 Å². The average Bonchev–Trinajstić information content (AvgIpc) is 2.74. The number of benzene rings is 1. The van der Waals surface area contributed by atoms with E-state index in [2.05, 4.69) is 9.82 Å². The lowest BCUT2D eigenvalue weighted by atomic mass is 10.4. The summed E-state index contributed by atoms with van der Waals surface area (Å²) in [6.07, 6.45) is 1.61. The van der Waals surface area contributed by atoms with E-state index < -0.39 is 10.0 Å². The van der Waals surface area contributed by atoms with E-state index in [9.17, 15) is 8.42 Å². The minimum Gasteiger partial charge on any atom is -0.276 e. The monoisotopic (exact) mass is 367 g/mol. The summed E-state index contributed by atoms with van der Waals surface area (Å²) in [7, 11) is -3.88. The summed E-state index contributed by atoms with van der Waals surface area (Å²) >= 11 is 17.6. The van der Waals surface area contributed by atoms with Gasteiger partial charge in [0.2, 0.25) is 0 Å². The van der Waals surface area contributed by atoms with E-state index in [1.54, 1.807) is 17.8 Å². The third-order valence-electron chi connectivity index (χ3n) is 2.78. The molecule has 1 aromatic carbocycles. The molecule has 0 saturated carbocycles. The van der Waals surface area contributed by atoms with E-state index in [0.29, 0.717) is 17.9 Å². The molecule has 5 nitrogen and oxygen atoms in total. The van der Waals surface area contributed by atoms with Gasteiger partial charge in [-0.25, -0.2) is 8.42 Å². The Bertz CT molecular complexity index is 787. The SMILES string of the molecule is CCn1cc(NS(=O)(=O)c2cc(Cl)c(Cl)cc2Cl)c(C)n1. The van der Waals surface area contributed by atoms with Crippen molar-refractivity contribution in [3.63, 3.8) is 0 Å². The molecule has 0 unspecified atom stereocenters. The van der Waals surface area contributed by atoms with Crippen LogP contribution in [0.3, 0.4) is 0 Å². The van der Waals surface area contributed by atoms with Gasteiger partial charge in [-0.1, -0.05) is 34.8 Å². The fourth-order valence-corrected chi connectivity index (χ4v) is 3.79. The van der Waals surface area contributed by atoms with Gasteiger partial charge in [0.15, 0.2) is 0 Å². The molecule has 0 aliphatic rings. The van der Waals surface area contributed by atoms with Crippen molar-refractivity contribution in [2.45, 2.75) is 25.3 Å². The van der Waals surface area contributed by atoms with Crippen molar-refractivity contribution in [3.05, 3.63) is 39.1 Å². The number of hydrogen-bond donors (Lipinski definition) is 1. The minimum atomic E-state index is -3.88. The second-order valence-electron chi connectivity index (χ2n) is 4.29. The Balaban J connectivity index is 2.43. The van der Waals surface area contributed by atoms with Gasteiger partial charge in [-0.15, -0.1) is 0 Å². The molecule has 2 rings (SSSR count). The van der Waals surface area contributed by atoms with Crippen molar-refractivity contribution in [2.75, 3.05) is 4.72 Å². The summed E-state index contributed by atoms with van der Waals surface area (Å²) in [6.45, 7) is 4.25. The first-order chi connectivity index (χ1) is 9.74. The maximum atomic E-state index is 12.4. The van der Waals surface area contributed by atoms with Gasteiger partial charge in [0, 0.05) is 12.7 Å². The number of aromatic nitrogens is 2. The molecule has 0 bridgehead atoms. The lowest BCUT2D eigenvalue weighted by Crippen LogP contribution is -2.14. The summed E-state index contributed by atoms with van der Waals surface area (Å²) in [5.41, 5.74) is 0.954. The van der Waals surface area contributed by atoms with Crippen LogP contribution in [0.5, 0.6) is 0 Å². The second kappa shape index (κ2) is 6.04. The molecule has 0 fully saturated rings. The van der Waals surface area contributed by atoms with Crippen LogP contribution in [0.25, 0.3) is 0 Å². The normalized spacial score (nSPS) is 11.7. The van der Waals surface area contributed by atoms with Crippen LogP contribution >= 0.6 is 34.8 Å². The van der Waals surface area contributed by atoms with Crippen LogP contribution in [-0.2, 0) is 16.6 Å². The Morgan fingerprint density at radius 3 is 2.38 bits per heavy atom. The Hall–Kier alpha value is -0.950. The molecule has 2 aromatic rings. The summed E-state index contributed by atoms with van der Waals surface area (Å²) in [5, 5.41) is 4.47. The van der Waals surface area contributed by atoms with Crippen LogP contribution in [0.15, 0.2) is 23.2 Å². The van der Waals surface area contributed by atoms with E-state index in [4.69, 9.17) is 34.8 Å². The number of nitrogens with zero attached hydrogens (tertiary/aromatic N) is 2. The first-order valence-corrected chi connectivity index (χ1v) is 8.57. The van der Waals surface area contributed by atoms with Crippen molar-refractivity contribution >= 4 is 50.5 Å². The van der Waals surface area contributed by atoms with Crippen LogP contribution in [0.4, 0.5) is 5.69 Å². The van der Waals surface area contributed by atoms with E-state index in [0.717, 1.165) is 0 Å². The largest absolute Gasteiger partial charge is 0.276 e. The number of aryl methyl sites for hydroxylation is 2. The van der Waals surface area contributed by atoms with Gasteiger partial charge in [-0.2, -0.15) is 5.10 Å². The number of anilines is 1. The topological polar surface area (TPSA) is 64.0 Å². The Kier molecular flexibility index (Phi) is 4.72. The molecule has 9 heteroatoms. The molecule has 0 amide bonds. The smallest absolute Gasteiger partial charge is 0.263 e. The third kappa shape index (κ3) is 3.45. The predicted octanol–water partition coefficient (Wildman–Crippen LogP) is 3.97. The molecule has 1 N–H and O–H groups in total. The van der Waals surface area contributed by atoms with Crippen LogP contribution < -0.4 is 4.72 Å². The van der Waals surface area contributed by atoms with Crippen LogP contribution in [0.1, 0.15) is 12.6 Å². The van der Waals surface area contributed by atoms with Crippen molar-refractivity contribution in [1.29, 1.82) is 0 Å². The highest BCUT2D eigenvalue weighted by molar-refractivity contribution is 7.92. The van der Waals surface area contributed by atoms with Crippen LogP contribution in [0.2, 0.25) is 15.1 Å². The molecule has 21 heavy (non-hydrogen) atoms. The molecule has 0 spiro atoms. The molecule has 0 radical (unpaired) electrons. The highest BCUT2D eigenvalue weighted by atomic mass is 35.5. The number of sulfonamides is 1. The van der Waals surface area contributed by atoms with Gasteiger partial charge < -0.3 is 0 Å². The van der Waals surface area contributed by atoms with Gasteiger partial charge in [0.1, 0.15) is 4.90 Å². The van der Waals surface area contributed by atoms with Crippen molar-refractivity contribution < 1.29 is 8.42 Å². The summed E-state index contributed by atoms with van der Waals surface area (Å²) in [6, 6.07) is 2.51. The molecule has 0 aliphatic carbocycles. The minimum absolute atomic E-state index is 0.00237. The highest BCUT2D eigenvalue weighted by Gasteiger charge is 2.21. The Labute approximate surface area is 137 Å². The Morgan fingerprint density at radius 2 is 1.81 bits per heavy atom. The maximum absolute atomic E-state index is 12.4. The molecule has 0 saturated heterocycles. The number of halogens is 3.